The fraction of sp³-hybridized carbons (Fsp3) is 0.348. The fourth-order valence-corrected chi connectivity index (χ4v) is 8.20. The average molecular weight is 635 g/mol. The molecule has 0 atom stereocenters. The molecule has 0 spiro atoms. The van der Waals surface area contributed by atoms with Crippen LogP contribution in [0.5, 0.6) is 0 Å². The van der Waals surface area contributed by atoms with Gasteiger partial charge >= 0.3 is 0 Å². The Bertz CT molecular complexity index is 2050. The average Bonchev–Trinajstić information content (AvgIpc) is 3.63. The Balaban J connectivity index is 1.24. The summed E-state index contributed by atoms with van der Waals surface area (Å²) in [5, 5.41) is 4.47. The van der Waals surface area contributed by atoms with Crippen molar-refractivity contribution in [2.24, 2.45) is 0 Å². The Morgan fingerprint density at radius 3 is 1.19 bits per heavy atom. The van der Waals surface area contributed by atoms with Gasteiger partial charge in [0.1, 0.15) is 11.2 Å². The van der Waals surface area contributed by atoms with Crippen molar-refractivity contribution in [2.75, 3.05) is 0 Å². The molecule has 0 saturated carbocycles. The van der Waals surface area contributed by atoms with Crippen molar-refractivity contribution >= 4 is 43.9 Å². The Morgan fingerprint density at radius 2 is 0.812 bits per heavy atom. The highest BCUT2D eigenvalue weighted by atomic mass is 16.4. The molecule has 0 aliphatic carbocycles. The number of aryl methyl sites for hydroxylation is 6. The minimum atomic E-state index is 0.827. The lowest BCUT2D eigenvalue weighted by Gasteiger charge is -2.13. The molecule has 48 heavy (non-hydrogen) atoms. The van der Waals surface area contributed by atoms with E-state index < -0.39 is 0 Å². The summed E-state index contributed by atoms with van der Waals surface area (Å²) in [7, 11) is 0. The molecule has 0 aliphatic rings. The van der Waals surface area contributed by atoms with E-state index in [2.05, 4.69) is 114 Å². The number of fused-ring (bicyclic) bond motifs is 7. The van der Waals surface area contributed by atoms with E-state index in [1.807, 2.05) is 0 Å². The Labute approximate surface area is 286 Å². The van der Waals surface area contributed by atoms with Gasteiger partial charge in [-0.3, -0.25) is 0 Å². The van der Waals surface area contributed by atoms with Crippen LogP contribution in [0.1, 0.15) is 98.6 Å². The second-order valence-corrected chi connectivity index (χ2v) is 14.3. The maximum atomic E-state index is 6.55. The molecule has 0 amide bonds. The molecular formula is C46H50O2. The van der Waals surface area contributed by atoms with Crippen LogP contribution in [0.2, 0.25) is 0 Å². The van der Waals surface area contributed by atoms with Gasteiger partial charge in [-0.1, -0.05) is 88.8 Å². The van der Waals surface area contributed by atoms with Crippen molar-refractivity contribution in [3.8, 4) is 22.3 Å². The van der Waals surface area contributed by atoms with Gasteiger partial charge in [0.15, 0.2) is 11.2 Å². The number of furan rings is 2. The summed E-state index contributed by atoms with van der Waals surface area (Å²) < 4.78 is 13.1. The zero-order valence-electron chi connectivity index (χ0n) is 29.8. The Kier molecular flexibility index (Phi) is 9.19. The normalized spacial score (nSPS) is 12.0. The van der Waals surface area contributed by atoms with Gasteiger partial charge in [-0.05, 0) is 145 Å². The highest BCUT2D eigenvalue weighted by molar-refractivity contribution is 6.19. The fourth-order valence-electron chi connectivity index (χ4n) is 8.20. The summed E-state index contributed by atoms with van der Waals surface area (Å²) in [5.74, 6) is 0. The van der Waals surface area contributed by atoms with E-state index in [9.17, 15) is 0 Å². The van der Waals surface area contributed by atoms with Gasteiger partial charge in [-0.15, -0.1) is 0 Å². The quantitative estimate of drug-likeness (QED) is 0.125. The monoisotopic (exact) mass is 634 g/mol. The van der Waals surface area contributed by atoms with Crippen molar-refractivity contribution in [1.82, 2.24) is 0 Å². The molecular weight excluding hydrogens is 585 g/mol. The topological polar surface area (TPSA) is 26.3 Å². The van der Waals surface area contributed by atoms with Crippen LogP contribution in [0.4, 0.5) is 0 Å². The molecule has 5 aromatic carbocycles. The third kappa shape index (κ3) is 6.07. The predicted molar refractivity (Wildman–Crippen MR) is 207 cm³/mol. The summed E-state index contributed by atoms with van der Waals surface area (Å²) in [6.45, 7) is 13.6. The first-order chi connectivity index (χ1) is 23.4. The lowest BCUT2D eigenvalue weighted by molar-refractivity contribution is 0.633. The first-order valence-electron chi connectivity index (χ1n) is 18.4. The van der Waals surface area contributed by atoms with Crippen LogP contribution in [0.15, 0.2) is 81.6 Å². The maximum Gasteiger partial charge on any atom is 0.178 e. The van der Waals surface area contributed by atoms with Crippen molar-refractivity contribution in [3.63, 3.8) is 0 Å². The standard InChI is InChI=1S/C46H50O2/c1-7-9-11-13-15-33-23-29(3)43(30(4)24-33)35-17-21-41-39(27-35)37-19-20-38-40-28-36(18-22-42(40)48-46(38)45(37)47-41)44-31(5)25-34(26-32(44)6)16-14-12-10-8-2/h17-28H,7-16H2,1-6H3. The van der Waals surface area contributed by atoms with Gasteiger partial charge in [0.2, 0.25) is 0 Å². The van der Waals surface area contributed by atoms with Gasteiger partial charge < -0.3 is 8.83 Å². The summed E-state index contributed by atoms with van der Waals surface area (Å²) in [5.41, 5.74) is 16.9. The van der Waals surface area contributed by atoms with E-state index in [4.69, 9.17) is 8.83 Å². The number of rotatable bonds is 12. The second-order valence-electron chi connectivity index (χ2n) is 14.3. The van der Waals surface area contributed by atoms with Crippen molar-refractivity contribution in [2.45, 2.75) is 106 Å². The largest absolute Gasteiger partial charge is 0.452 e. The van der Waals surface area contributed by atoms with E-state index >= 15 is 0 Å². The number of hydrogen-bond donors (Lipinski definition) is 0. The van der Waals surface area contributed by atoms with Gasteiger partial charge in [0.05, 0.1) is 0 Å². The van der Waals surface area contributed by atoms with Gasteiger partial charge in [0, 0.05) is 21.5 Å². The van der Waals surface area contributed by atoms with E-state index in [-0.39, 0.29) is 0 Å². The molecule has 7 aromatic rings. The first kappa shape index (κ1) is 32.3. The zero-order chi connectivity index (χ0) is 33.4. The minimum Gasteiger partial charge on any atom is -0.452 e. The minimum absolute atomic E-state index is 0.827. The number of hydrogen-bond acceptors (Lipinski definition) is 2. The molecule has 2 aromatic heterocycles. The summed E-state index contributed by atoms with van der Waals surface area (Å²) in [6.07, 6.45) is 12.7. The van der Waals surface area contributed by atoms with Crippen LogP contribution >= 0.6 is 0 Å². The lowest BCUT2D eigenvalue weighted by Crippen LogP contribution is -1.94. The summed E-state index contributed by atoms with van der Waals surface area (Å²) in [6, 6.07) is 27.3. The zero-order valence-corrected chi connectivity index (χ0v) is 29.8. The second kappa shape index (κ2) is 13.7. The highest BCUT2D eigenvalue weighted by Crippen LogP contribution is 2.42. The molecule has 0 aliphatic heterocycles. The van der Waals surface area contributed by atoms with Gasteiger partial charge in [-0.2, -0.15) is 0 Å². The maximum absolute atomic E-state index is 6.55. The Hall–Kier alpha value is -4.30. The molecule has 2 heteroatoms. The molecule has 0 bridgehead atoms. The van der Waals surface area contributed by atoms with Crippen LogP contribution in [-0.2, 0) is 12.8 Å². The van der Waals surface area contributed by atoms with Crippen molar-refractivity contribution < 1.29 is 8.83 Å². The molecule has 0 N–H and O–H groups in total. The lowest BCUT2D eigenvalue weighted by atomic mass is 9.91. The molecule has 0 radical (unpaired) electrons. The SMILES string of the molecule is CCCCCCc1cc(C)c(-c2ccc3oc4c(ccc5c6cc(-c7c(C)cc(CCCCCC)cc7C)ccc6oc54)c3c2)c(C)c1. The molecule has 0 fully saturated rings. The van der Waals surface area contributed by atoms with Crippen LogP contribution in [-0.4, -0.2) is 0 Å². The van der Waals surface area contributed by atoms with Gasteiger partial charge in [0.25, 0.3) is 0 Å². The van der Waals surface area contributed by atoms with Crippen LogP contribution in [0, 0.1) is 27.7 Å². The third-order valence-corrected chi connectivity index (χ3v) is 10.5. The smallest absolute Gasteiger partial charge is 0.178 e. The van der Waals surface area contributed by atoms with E-state index in [1.54, 1.807) is 0 Å². The van der Waals surface area contributed by atoms with E-state index in [0.29, 0.717) is 0 Å². The number of unbranched alkanes of at least 4 members (excludes halogenated alkanes) is 6. The third-order valence-electron chi connectivity index (χ3n) is 10.5. The van der Waals surface area contributed by atoms with Crippen LogP contribution in [0.25, 0.3) is 66.1 Å². The predicted octanol–water partition coefficient (Wildman–Crippen LogP) is 14.3. The highest BCUT2D eigenvalue weighted by Gasteiger charge is 2.19. The number of benzene rings is 5. The molecule has 0 unspecified atom stereocenters. The molecule has 0 saturated heterocycles. The summed E-state index contributed by atoms with van der Waals surface area (Å²) >= 11 is 0. The van der Waals surface area contributed by atoms with Crippen molar-refractivity contribution in [3.05, 3.63) is 106 Å². The molecule has 7 rings (SSSR count). The molecule has 2 nitrogen and oxygen atoms in total. The van der Waals surface area contributed by atoms with E-state index in [1.165, 1.54) is 107 Å². The molecule has 246 valence electrons. The van der Waals surface area contributed by atoms with Crippen molar-refractivity contribution in [1.29, 1.82) is 0 Å². The Morgan fingerprint density at radius 1 is 0.417 bits per heavy atom. The van der Waals surface area contributed by atoms with E-state index in [0.717, 1.165) is 56.7 Å². The van der Waals surface area contributed by atoms with Crippen LogP contribution in [0.3, 0.4) is 0 Å². The van der Waals surface area contributed by atoms with Gasteiger partial charge in [-0.25, -0.2) is 0 Å². The summed E-state index contributed by atoms with van der Waals surface area (Å²) in [4.78, 5) is 0. The first-order valence-corrected chi connectivity index (χ1v) is 18.4. The van der Waals surface area contributed by atoms with Crippen LogP contribution < -0.4 is 0 Å². The molecule has 2 heterocycles.